The predicted molar refractivity (Wildman–Crippen MR) is 117 cm³/mol. The molecule has 30 heavy (non-hydrogen) atoms. The summed E-state index contributed by atoms with van der Waals surface area (Å²) in [5.41, 5.74) is 1.62. The zero-order valence-corrected chi connectivity index (χ0v) is 18.2. The molecule has 158 valence electrons. The normalized spacial score (nSPS) is 23.8. The predicted octanol–water partition coefficient (Wildman–Crippen LogP) is 2.40. The summed E-state index contributed by atoms with van der Waals surface area (Å²) in [6.07, 6.45) is 1.48. The Morgan fingerprint density at radius 3 is 2.60 bits per heavy atom. The van der Waals surface area contributed by atoms with Crippen molar-refractivity contribution in [3.05, 3.63) is 47.3 Å². The van der Waals surface area contributed by atoms with Crippen LogP contribution in [0.3, 0.4) is 0 Å². The van der Waals surface area contributed by atoms with E-state index in [1.165, 1.54) is 10.4 Å². The van der Waals surface area contributed by atoms with E-state index < -0.39 is 5.41 Å². The van der Waals surface area contributed by atoms with Gasteiger partial charge in [0.15, 0.2) is 0 Å². The highest BCUT2D eigenvalue weighted by Gasteiger charge is 2.47. The lowest BCUT2D eigenvalue weighted by atomic mass is 9.79. The van der Waals surface area contributed by atoms with E-state index in [0.29, 0.717) is 32.5 Å². The summed E-state index contributed by atoms with van der Waals surface area (Å²) in [5.74, 6) is -0.324. The molecule has 3 amide bonds. The fourth-order valence-electron chi connectivity index (χ4n) is 4.64. The van der Waals surface area contributed by atoms with E-state index in [0.717, 1.165) is 5.56 Å². The number of amides is 3. The summed E-state index contributed by atoms with van der Waals surface area (Å²) < 4.78 is 0. The molecule has 0 saturated carbocycles. The third kappa shape index (κ3) is 3.86. The van der Waals surface area contributed by atoms with E-state index in [-0.39, 0.29) is 30.1 Å². The van der Waals surface area contributed by atoms with Crippen LogP contribution < -0.4 is 5.32 Å². The van der Waals surface area contributed by atoms with E-state index in [2.05, 4.69) is 41.0 Å². The first-order valence-corrected chi connectivity index (χ1v) is 11.2. The largest absolute Gasteiger partial charge is 0.359 e. The molecule has 3 heterocycles. The van der Waals surface area contributed by atoms with E-state index in [1.807, 2.05) is 6.07 Å². The first-order valence-electron chi connectivity index (χ1n) is 10.3. The van der Waals surface area contributed by atoms with Gasteiger partial charge < -0.3 is 15.1 Å². The molecular weight excluding hydrogens is 398 g/mol. The van der Waals surface area contributed by atoms with Gasteiger partial charge in [-0.25, -0.2) is 0 Å². The summed E-state index contributed by atoms with van der Waals surface area (Å²) in [7, 11) is 3.38. The highest BCUT2D eigenvalue weighted by atomic mass is 32.1. The Hall–Kier alpha value is -2.67. The van der Waals surface area contributed by atoms with Crippen molar-refractivity contribution in [2.24, 2.45) is 11.3 Å². The van der Waals surface area contributed by atoms with Gasteiger partial charge in [0.25, 0.3) is 0 Å². The van der Waals surface area contributed by atoms with Gasteiger partial charge >= 0.3 is 0 Å². The van der Waals surface area contributed by atoms with Gasteiger partial charge in [-0.2, -0.15) is 0 Å². The average Bonchev–Trinajstić information content (AvgIpc) is 3.49. The minimum Gasteiger partial charge on any atom is -0.359 e. The first kappa shape index (κ1) is 20.6. The molecule has 2 fully saturated rings. The second-order valence-corrected chi connectivity index (χ2v) is 9.34. The Morgan fingerprint density at radius 1 is 1.23 bits per heavy atom. The lowest BCUT2D eigenvalue weighted by Gasteiger charge is -2.28. The smallest absolute Gasteiger partial charge is 0.228 e. The zero-order chi connectivity index (χ0) is 21.3. The van der Waals surface area contributed by atoms with Gasteiger partial charge in [-0.1, -0.05) is 30.3 Å². The minimum atomic E-state index is -0.636. The van der Waals surface area contributed by atoms with Crippen molar-refractivity contribution in [2.45, 2.75) is 19.3 Å². The number of carbonyl (C=O) groups excluding carboxylic acids is 3. The number of rotatable bonds is 5. The third-order valence-corrected chi connectivity index (χ3v) is 7.29. The van der Waals surface area contributed by atoms with Crippen LogP contribution in [0.5, 0.6) is 0 Å². The maximum atomic E-state index is 13.0. The van der Waals surface area contributed by atoms with Crippen LogP contribution in [-0.4, -0.2) is 61.3 Å². The minimum absolute atomic E-state index is 0.00785. The Kier molecular flexibility index (Phi) is 5.64. The zero-order valence-electron chi connectivity index (χ0n) is 17.4. The van der Waals surface area contributed by atoms with E-state index in [4.69, 9.17) is 0 Å². The molecule has 1 aromatic heterocycles. The molecule has 0 radical (unpaired) electrons. The molecule has 1 N–H and O–H groups in total. The fourth-order valence-corrected chi connectivity index (χ4v) is 5.38. The van der Waals surface area contributed by atoms with Gasteiger partial charge in [-0.05, 0) is 35.4 Å². The van der Waals surface area contributed by atoms with Gasteiger partial charge in [-0.3, -0.25) is 14.4 Å². The number of thiophene rings is 1. The summed E-state index contributed by atoms with van der Waals surface area (Å²) in [4.78, 5) is 42.3. The molecule has 0 spiro atoms. The monoisotopic (exact) mass is 425 g/mol. The molecule has 0 bridgehead atoms. The van der Waals surface area contributed by atoms with E-state index in [1.54, 1.807) is 35.2 Å². The van der Waals surface area contributed by atoms with Gasteiger partial charge in [0.1, 0.15) is 0 Å². The summed E-state index contributed by atoms with van der Waals surface area (Å²) in [6.45, 7) is 1.41. The standard InChI is InChI=1S/C23H27N3O3S/c1-24-22(29)23(13-16-5-7-17(8-6-16)19-4-3-11-30-19)9-10-26(15-23)21(28)18-12-20(27)25(2)14-18/h3-8,11,18H,9-10,12-15H2,1-2H3,(H,24,29)/t18-,23-/m1/s1. The number of nitrogens with one attached hydrogen (secondary N) is 1. The molecule has 7 heteroatoms. The lowest BCUT2D eigenvalue weighted by Crippen LogP contribution is -2.45. The van der Waals surface area contributed by atoms with Crippen LogP contribution in [0, 0.1) is 11.3 Å². The van der Waals surface area contributed by atoms with Gasteiger partial charge in [0, 0.05) is 45.0 Å². The van der Waals surface area contributed by atoms with Crippen molar-refractivity contribution in [2.75, 3.05) is 33.7 Å². The molecule has 2 aromatic rings. The van der Waals surface area contributed by atoms with Crippen LogP contribution in [-0.2, 0) is 20.8 Å². The van der Waals surface area contributed by atoms with Crippen LogP contribution in [0.1, 0.15) is 18.4 Å². The fraction of sp³-hybridized carbons (Fsp3) is 0.435. The number of nitrogens with zero attached hydrogens (tertiary/aromatic N) is 2. The molecule has 2 aliphatic heterocycles. The van der Waals surface area contributed by atoms with Crippen molar-refractivity contribution >= 4 is 29.1 Å². The van der Waals surface area contributed by atoms with E-state index in [9.17, 15) is 14.4 Å². The Bertz CT molecular complexity index is 941. The van der Waals surface area contributed by atoms with Crippen LogP contribution in [0.2, 0.25) is 0 Å². The second-order valence-electron chi connectivity index (χ2n) is 8.40. The molecule has 1 aromatic carbocycles. The summed E-state index contributed by atoms with van der Waals surface area (Å²) >= 11 is 1.70. The van der Waals surface area contributed by atoms with Crippen LogP contribution in [0.4, 0.5) is 0 Å². The molecular formula is C23H27N3O3S. The number of hydrogen-bond acceptors (Lipinski definition) is 4. The van der Waals surface area contributed by atoms with Gasteiger partial charge in [0.2, 0.25) is 17.7 Å². The Balaban J connectivity index is 1.49. The Labute approximate surface area is 180 Å². The van der Waals surface area contributed by atoms with Crippen molar-refractivity contribution in [1.82, 2.24) is 15.1 Å². The lowest BCUT2D eigenvalue weighted by molar-refractivity contribution is -0.136. The molecule has 6 nitrogen and oxygen atoms in total. The van der Waals surface area contributed by atoms with Gasteiger partial charge in [0.05, 0.1) is 11.3 Å². The third-order valence-electron chi connectivity index (χ3n) is 6.37. The SMILES string of the molecule is CNC(=O)[C@@]1(Cc2ccc(-c3cccs3)cc2)CCN(C(=O)[C@@H]2CC(=O)N(C)C2)C1. The summed E-state index contributed by atoms with van der Waals surface area (Å²) in [5, 5.41) is 4.87. The Morgan fingerprint density at radius 2 is 2.00 bits per heavy atom. The topological polar surface area (TPSA) is 69.7 Å². The number of likely N-dealkylation sites (tertiary alicyclic amines) is 2. The molecule has 2 saturated heterocycles. The average molecular weight is 426 g/mol. The summed E-state index contributed by atoms with van der Waals surface area (Å²) in [6, 6.07) is 12.5. The molecule has 0 unspecified atom stereocenters. The van der Waals surface area contributed by atoms with Crippen molar-refractivity contribution in [1.29, 1.82) is 0 Å². The maximum absolute atomic E-state index is 13.0. The van der Waals surface area contributed by atoms with Crippen molar-refractivity contribution < 1.29 is 14.4 Å². The quantitative estimate of drug-likeness (QED) is 0.800. The van der Waals surface area contributed by atoms with Crippen LogP contribution in [0.25, 0.3) is 10.4 Å². The molecule has 0 aliphatic carbocycles. The first-order chi connectivity index (χ1) is 14.4. The van der Waals surface area contributed by atoms with Crippen molar-refractivity contribution in [3.63, 3.8) is 0 Å². The molecule has 4 rings (SSSR count). The highest BCUT2D eigenvalue weighted by Crippen LogP contribution is 2.36. The maximum Gasteiger partial charge on any atom is 0.228 e. The van der Waals surface area contributed by atoms with Gasteiger partial charge in [-0.15, -0.1) is 11.3 Å². The second kappa shape index (κ2) is 8.22. The molecule has 2 aliphatic rings. The van der Waals surface area contributed by atoms with Crippen LogP contribution >= 0.6 is 11.3 Å². The molecule has 2 atom stereocenters. The van der Waals surface area contributed by atoms with E-state index >= 15 is 0 Å². The van der Waals surface area contributed by atoms with Crippen molar-refractivity contribution in [3.8, 4) is 10.4 Å². The number of hydrogen-bond donors (Lipinski definition) is 1. The van der Waals surface area contributed by atoms with Crippen LogP contribution in [0.15, 0.2) is 41.8 Å². The highest BCUT2D eigenvalue weighted by molar-refractivity contribution is 7.13. The number of carbonyl (C=O) groups is 3. The number of benzene rings is 1.